The van der Waals surface area contributed by atoms with Gasteiger partial charge in [0.15, 0.2) is 5.70 Å². The van der Waals surface area contributed by atoms with Gasteiger partial charge in [-0.15, -0.1) is 0 Å². The van der Waals surface area contributed by atoms with E-state index in [4.69, 9.17) is 9.47 Å². The molecule has 8 nitrogen and oxygen atoms in total. The van der Waals surface area contributed by atoms with E-state index in [1.54, 1.807) is 49.4 Å². The number of aryl methyl sites for hydroxylation is 1. The van der Waals surface area contributed by atoms with Crippen LogP contribution < -0.4 is 4.74 Å². The molecule has 164 valence electrons. The summed E-state index contributed by atoms with van der Waals surface area (Å²) in [5.41, 5.74) is 2.83. The number of carbonyl (C=O) groups is 2. The third-order valence-electron chi connectivity index (χ3n) is 5.03. The molecular weight excluding hydrogens is 424 g/mol. The van der Waals surface area contributed by atoms with Crippen LogP contribution in [-0.2, 0) is 9.53 Å². The molecule has 0 unspecified atom stereocenters. The molecule has 3 aromatic carbocycles. The molecule has 0 fully saturated rings. The smallest absolute Gasteiger partial charge is 0.363 e. The van der Waals surface area contributed by atoms with E-state index in [0.717, 1.165) is 5.56 Å². The Hall–Kier alpha value is -4.59. The summed E-state index contributed by atoms with van der Waals surface area (Å²) in [5.74, 6) is -0.767. The third-order valence-corrected chi connectivity index (χ3v) is 5.03. The number of benzene rings is 3. The van der Waals surface area contributed by atoms with Crippen molar-refractivity contribution in [1.29, 1.82) is 0 Å². The molecule has 3 aromatic rings. The first-order valence-electron chi connectivity index (χ1n) is 9.97. The van der Waals surface area contributed by atoms with Crippen molar-refractivity contribution in [3.05, 3.63) is 110 Å². The topological polar surface area (TPSA) is 108 Å². The molecule has 0 aromatic heterocycles. The zero-order valence-electron chi connectivity index (χ0n) is 17.8. The van der Waals surface area contributed by atoms with Crippen molar-refractivity contribution < 1.29 is 24.0 Å². The minimum atomic E-state index is -0.661. The maximum absolute atomic E-state index is 12.3. The lowest BCUT2D eigenvalue weighted by atomic mass is 10.1. The van der Waals surface area contributed by atoms with Crippen molar-refractivity contribution in [2.24, 2.45) is 4.99 Å². The van der Waals surface area contributed by atoms with E-state index >= 15 is 0 Å². The fraction of sp³-hybridized carbons (Fsp3) is 0.0800. The van der Waals surface area contributed by atoms with Gasteiger partial charge in [0.25, 0.3) is 5.69 Å². The van der Waals surface area contributed by atoms with Crippen LogP contribution in [0.15, 0.2) is 77.4 Å². The van der Waals surface area contributed by atoms with Gasteiger partial charge in [-0.2, -0.15) is 0 Å². The van der Waals surface area contributed by atoms with Crippen molar-refractivity contribution >= 4 is 29.6 Å². The summed E-state index contributed by atoms with van der Waals surface area (Å²) in [6.07, 6.45) is 1.52. The number of nitro groups is 1. The highest BCUT2D eigenvalue weighted by molar-refractivity contribution is 6.13. The lowest BCUT2D eigenvalue weighted by Gasteiger charge is -2.05. The minimum absolute atomic E-state index is 0.0103. The van der Waals surface area contributed by atoms with Crippen LogP contribution in [0.2, 0.25) is 0 Å². The van der Waals surface area contributed by atoms with Gasteiger partial charge in [0.05, 0.1) is 10.5 Å². The van der Waals surface area contributed by atoms with Gasteiger partial charge in [0.1, 0.15) is 5.75 Å². The lowest BCUT2D eigenvalue weighted by molar-refractivity contribution is -0.385. The Labute approximate surface area is 189 Å². The number of rotatable bonds is 5. The van der Waals surface area contributed by atoms with Crippen LogP contribution in [0.25, 0.3) is 6.08 Å². The Balaban J connectivity index is 1.52. The maximum atomic E-state index is 12.3. The number of nitrogens with zero attached hydrogens (tertiary/aromatic N) is 2. The van der Waals surface area contributed by atoms with Crippen molar-refractivity contribution in [3.8, 4) is 5.75 Å². The van der Waals surface area contributed by atoms with E-state index < -0.39 is 16.9 Å². The van der Waals surface area contributed by atoms with E-state index in [-0.39, 0.29) is 17.3 Å². The first-order valence-corrected chi connectivity index (χ1v) is 9.97. The molecule has 0 bridgehead atoms. The van der Waals surface area contributed by atoms with Crippen LogP contribution >= 0.6 is 0 Å². The second-order valence-electron chi connectivity index (χ2n) is 7.37. The van der Waals surface area contributed by atoms with Crippen molar-refractivity contribution in [3.63, 3.8) is 0 Å². The number of cyclic esters (lactones) is 1. The highest BCUT2D eigenvalue weighted by Gasteiger charge is 2.27. The first-order chi connectivity index (χ1) is 15.8. The molecule has 1 aliphatic heterocycles. The van der Waals surface area contributed by atoms with E-state index in [2.05, 4.69) is 4.99 Å². The van der Waals surface area contributed by atoms with Crippen molar-refractivity contribution in [1.82, 2.24) is 0 Å². The van der Waals surface area contributed by atoms with E-state index in [1.807, 2.05) is 19.1 Å². The number of hydrogen-bond donors (Lipinski definition) is 0. The summed E-state index contributed by atoms with van der Waals surface area (Å²) in [6, 6.07) is 18.1. The quantitative estimate of drug-likeness (QED) is 0.185. The minimum Gasteiger partial charge on any atom is -0.423 e. The van der Waals surface area contributed by atoms with Crippen molar-refractivity contribution in [2.45, 2.75) is 13.8 Å². The second-order valence-corrected chi connectivity index (χ2v) is 7.37. The number of carbonyl (C=O) groups excluding carboxylic acids is 2. The molecule has 0 spiro atoms. The molecule has 0 saturated carbocycles. The van der Waals surface area contributed by atoms with Crippen LogP contribution in [0.5, 0.6) is 5.75 Å². The summed E-state index contributed by atoms with van der Waals surface area (Å²) >= 11 is 0. The van der Waals surface area contributed by atoms with Gasteiger partial charge in [-0.1, -0.05) is 35.9 Å². The fourth-order valence-corrected chi connectivity index (χ4v) is 3.22. The molecule has 0 aliphatic carbocycles. The fourth-order valence-electron chi connectivity index (χ4n) is 3.22. The van der Waals surface area contributed by atoms with Gasteiger partial charge in [0, 0.05) is 17.2 Å². The molecular formula is C25H18N2O6. The van der Waals surface area contributed by atoms with Gasteiger partial charge in [-0.3, -0.25) is 10.1 Å². The maximum Gasteiger partial charge on any atom is 0.363 e. The number of nitro benzene ring substituents is 1. The predicted molar refractivity (Wildman–Crippen MR) is 121 cm³/mol. The summed E-state index contributed by atoms with van der Waals surface area (Å²) in [7, 11) is 0. The SMILES string of the molecule is Cc1ccc(C(=O)Oc2ccc(/C=C3\N=C(c4cccc([N+](=O)[O-])c4C)OC3=O)cc2)cc1. The molecule has 0 saturated heterocycles. The third kappa shape index (κ3) is 4.69. The molecule has 0 radical (unpaired) electrons. The van der Waals surface area contributed by atoms with Crippen molar-refractivity contribution in [2.75, 3.05) is 0 Å². The number of esters is 2. The Morgan fingerprint density at radius 2 is 1.73 bits per heavy atom. The molecule has 4 rings (SSSR count). The van der Waals surface area contributed by atoms with Gasteiger partial charge in [-0.05, 0) is 55.8 Å². The first kappa shape index (κ1) is 21.6. The Kier molecular flexibility index (Phi) is 5.82. The average Bonchev–Trinajstić information content (AvgIpc) is 3.15. The van der Waals surface area contributed by atoms with Gasteiger partial charge < -0.3 is 9.47 Å². The van der Waals surface area contributed by atoms with E-state index in [1.165, 1.54) is 18.2 Å². The molecule has 0 atom stereocenters. The summed E-state index contributed by atoms with van der Waals surface area (Å²) in [6.45, 7) is 3.50. The van der Waals surface area contributed by atoms with Gasteiger partial charge >= 0.3 is 11.9 Å². The number of ether oxygens (including phenoxy) is 2. The lowest BCUT2D eigenvalue weighted by Crippen LogP contribution is -2.08. The van der Waals surface area contributed by atoms with E-state index in [9.17, 15) is 19.7 Å². The standard InChI is InChI=1S/C25H18N2O6/c1-15-6-10-18(11-7-15)24(28)32-19-12-8-17(9-13-19)14-21-25(29)33-23(26-21)20-4-3-5-22(16(20)2)27(30)31/h3-14H,1-2H3/b21-14-. The zero-order valence-corrected chi connectivity index (χ0v) is 17.8. The summed E-state index contributed by atoms with van der Waals surface area (Å²) < 4.78 is 10.6. The number of aliphatic imine (C=N–C) groups is 1. The molecule has 0 N–H and O–H groups in total. The highest BCUT2D eigenvalue weighted by atomic mass is 16.6. The zero-order chi connectivity index (χ0) is 23.5. The van der Waals surface area contributed by atoms with Crippen LogP contribution in [0.1, 0.15) is 32.6 Å². The molecule has 1 heterocycles. The normalized spacial score (nSPS) is 14.1. The molecule has 33 heavy (non-hydrogen) atoms. The van der Waals surface area contributed by atoms with Crippen LogP contribution in [-0.4, -0.2) is 22.8 Å². The Morgan fingerprint density at radius 3 is 2.39 bits per heavy atom. The predicted octanol–water partition coefficient (Wildman–Crippen LogP) is 4.78. The summed E-state index contributed by atoms with van der Waals surface area (Å²) in [4.78, 5) is 39.4. The highest BCUT2D eigenvalue weighted by Crippen LogP contribution is 2.26. The Morgan fingerprint density at radius 1 is 1.03 bits per heavy atom. The van der Waals surface area contributed by atoms with Crippen LogP contribution in [0, 0.1) is 24.0 Å². The van der Waals surface area contributed by atoms with Gasteiger partial charge in [-0.25, -0.2) is 14.6 Å². The summed E-state index contributed by atoms with van der Waals surface area (Å²) in [5, 5.41) is 11.2. The van der Waals surface area contributed by atoms with Crippen LogP contribution in [0.4, 0.5) is 5.69 Å². The Bertz CT molecular complexity index is 1320. The van der Waals surface area contributed by atoms with Crippen LogP contribution in [0.3, 0.4) is 0 Å². The number of hydrogen-bond acceptors (Lipinski definition) is 7. The van der Waals surface area contributed by atoms with E-state index in [0.29, 0.717) is 28.0 Å². The monoisotopic (exact) mass is 442 g/mol. The second kappa shape index (κ2) is 8.88. The largest absolute Gasteiger partial charge is 0.423 e. The molecule has 1 aliphatic rings. The van der Waals surface area contributed by atoms with Gasteiger partial charge in [0.2, 0.25) is 5.90 Å². The average molecular weight is 442 g/mol. The molecule has 0 amide bonds. The molecule has 8 heteroatoms.